The highest BCUT2D eigenvalue weighted by molar-refractivity contribution is 5.96. The fourth-order valence-corrected chi connectivity index (χ4v) is 3.72. The van der Waals surface area contributed by atoms with E-state index in [4.69, 9.17) is 0 Å². The van der Waals surface area contributed by atoms with Gasteiger partial charge in [-0.25, -0.2) is 0 Å². The minimum Gasteiger partial charge on any atom is -0.328 e. The molecule has 0 bridgehead atoms. The quantitative estimate of drug-likeness (QED) is 0.585. The molecule has 1 atom stereocenters. The van der Waals surface area contributed by atoms with E-state index in [1.54, 1.807) is 0 Å². The first kappa shape index (κ1) is 18.2. The molecule has 2 heterocycles. The molecule has 0 aliphatic carbocycles. The highest BCUT2D eigenvalue weighted by Gasteiger charge is 2.25. The van der Waals surface area contributed by atoms with Gasteiger partial charge in [-0.2, -0.15) is 5.10 Å². The molecule has 1 aliphatic rings. The average molecular weight is 371 g/mol. The number of benzene rings is 2. The van der Waals surface area contributed by atoms with Gasteiger partial charge < -0.3 is 4.90 Å². The number of carbonyl (C=O) groups is 1. The monoisotopic (exact) mass is 371 g/mol. The second-order valence-corrected chi connectivity index (χ2v) is 7.23. The zero-order valence-corrected chi connectivity index (χ0v) is 16.2. The molecule has 0 N–H and O–H groups in total. The van der Waals surface area contributed by atoms with Gasteiger partial charge in [0.1, 0.15) is 0 Å². The molecule has 142 valence electrons. The van der Waals surface area contributed by atoms with Gasteiger partial charge in [0.2, 0.25) is 0 Å². The summed E-state index contributed by atoms with van der Waals surface area (Å²) in [6.07, 6.45) is 10.2. The van der Waals surface area contributed by atoms with Gasteiger partial charge in [-0.1, -0.05) is 68.0 Å². The summed E-state index contributed by atoms with van der Waals surface area (Å²) in [5.41, 5.74) is 3.99. The summed E-state index contributed by atoms with van der Waals surface area (Å²) in [5.74, 6) is 0.0991. The Morgan fingerprint density at radius 1 is 1.11 bits per heavy atom. The topological polar surface area (TPSA) is 38.1 Å². The molecule has 0 radical (unpaired) electrons. The van der Waals surface area contributed by atoms with Crippen LogP contribution in [0.1, 0.15) is 35.7 Å². The summed E-state index contributed by atoms with van der Waals surface area (Å²) in [6, 6.07) is 18.4. The van der Waals surface area contributed by atoms with E-state index in [0.29, 0.717) is 6.54 Å². The fraction of sp³-hybridized carbons (Fsp3) is 0.250. The molecule has 0 saturated heterocycles. The maximum atomic E-state index is 13.0. The molecule has 4 rings (SSSR count). The summed E-state index contributed by atoms with van der Waals surface area (Å²) >= 11 is 0. The van der Waals surface area contributed by atoms with E-state index in [1.165, 1.54) is 5.56 Å². The number of aromatic nitrogens is 2. The van der Waals surface area contributed by atoms with Crippen LogP contribution in [0.15, 0.2) is 79.1 Å². The number of hydrogen-bond donors (Lipinski definition) is 0. The third-order valence-electron chi connectivity index (χ3n) is 5.17. The molecular formula is C24H25N3O. The summed E-state index contributed by atoms with van der Waals surface area (Å²) < 4.78 is 1.93. The number of amides is 1. The lowest BCUT2D eigenvalue weighted by Gasteiger charge is -2.24. The zero-order valence-electron chi connectivity index (χ0n) is 16.2. The van der Waals surface area contributed by atoms with Crippen molar-refractivity contribution in [1.82, 2.24) is 14.7 Å². The second kappa shape index (κ2) is 8.26. The van der Waals surface area contributed by atoms with Gasteiger partial charge in [-0.15, -0.1) is 0 Å². The summed E-state index contributed by atoms with van der Waals surface area (Å²) in [4.78, 5) is 15.0. The van der Waals surface area contributed by atoms with E-state index in [-0.39, 0.29) is 11.9 Å². The van der Waals surface area contributed by atoms with Crippen molar-refractivity contribution in [3.63, 3.8) is 0 Å². The molecule has 1 amide bonds. The molecule has 0 fully saturated rings. The molecule has 3 aromatic rings. The number of rotatable bonds is 6. The fourth-order valence-electron chi connectivity index (χ4n) is 3.72. The van der Waals surface area contributed by atoms with Gasteiger partial charge in [-0.05, 0) is 29.7 Å². The van der Waals surface area contributed by atoms with E-state index < -0.39 is 0 Å². The standard InChI is InChI=1S/C24H25N3O/c1-2-8-23-13-7-14-27(23)24(28)21-12-6-11-20(15-21)22-16-25-26(18-22)17-19-9-4-3-5-10-19/h3-7,9-13,15-16,18,23H,2,8,14,17H2,1H3/t23-/m1/s1. The first-order valence-electron chi connectivity index (χ1n) is 9.89. The molecule has 0 spiro atoms. The van der Waals surface area contributed by atoms with Gasteiger partial charge >= 0.3 is 0 Å². The first-order chi connectivity index (χ1) is 13.7. The molecule has 0 saturated carbocycles. The largest absolute Gasteiger partial charge is 0.328 e. The van der Waals surface area contributed by atoms with Gasteiger partial charge in [-0.3, -0.25) is 9.48 Å². The van der Waals surface area contributed by atoms with Crippen molar-refractivity contribution in [3.8, 4) is 11.1 Å². The van der Waals surface area contributed by atoms with E-state index in [9.17, 15) is 4.79 Å². The Bertz CT molecular complexity index is 974. The Hall–Kier alpha value is -3.14. The van der Waals surface area contributed by atoms with E-state index in [0.717, 1.165) is 36.1 Å². The molecule has 1 aliphatic heterocycles. The van der Waals surface area contributed by atoms with Crippen LogP contribution >= 0.6 is 0 Å². The second-order valence-electron chi connectivity index (χ2n) is 7.23. The minimum absolute atomic E-state index is 0.0991. The lowest BCUT2D eigenvalue weighted by Crippen LogP contribution is -2.35. The summed E-state index contributed by atoms with van der Waals surface area (Å²) in [6.45, 7) is 3.59. The third kappa shape index (κ3) is 3.91. The molecule has 2 aromatic carbocycles. The van der Waals surface area contributed by atoms with Crippen LogP contribution < -0.4 is 0 Å². The van der Waals surface area contributed by atoms with Crippen molar-refractivity contribution in [2.24, 2.45) is 0 Å². The Morgan fingerprint density at radius 2 is 1.96 bits per heavy atom. The van der Waals surface area contributed by atoms with Crippen LogP contribution in [0.3, 0.4) is 0 Å². The van der Waals surface area contributed by atoms with Gasteiger partial charge in [0, 0.05) is 23.9 Å². The minimum atomic E-state index is 0.0991. The average Bonchev–Trinajstić information content (AvgIpc) is 3.38. The van der Waals surface area contributed by atoms with Crippen molar-refractivity contribution >= 4 is 5.91 Å². The Morgan fingerprint density at radius 3 is 2.79 bits per heavy atom. The number of hydrogen-bond acceptors (Lipinski definition) is 2. The molecule has 1 aromatic heterocycles. The van der Waals surface area contributed by atoms with Crippen LogP contribution in [0.5, 0.6) is 0 Å². The Kier molecular flexibility index (Phi) is 5.38. The predicted octanol–water partition coefficient (Wildman–Crippen LogP) is 4.78. The van der Waals surface area contributed by atoms with E-state index >= 15 is 0 Å². The van der Waals surface area contributed by atoms with Crippen molar-refractivity contribution in [1.29, 1.82) is 0 Å². The van der Waals surface area contributed by atoms with Crippen molar-refractivity contribution in [2.75, 3.05) is 6.54 Å². The summed E-state index contributed by atoms with van der Waals surface area (Å²) in [5, 5.41) is 4.49. The normalized spacial score (nSPS) is 15.9. The van der Waals surface area contributed by atoms with Crippen LogP contribution in [-0.2, 0) is 6.54 Å². The Labute approximate surface area is 166 Å². The number of nitrogens with zero attached hydrogens (tertiary/aromatic N) is 3. The maximum absolute atomic E-state index is 13.0. The van der Waals surface area contributed by atoms with Gasteiger partial charge in [0.15, 0.2) is 0 Å². The first-order valence-corrected chi connectivity index (χ1v) is 9.89. The van der Waals surface area contributed by atoms with Crippen molar-refractivity contribution in [3.05, 3.63) is 90.3 Å². The van der Waals surface area contributed by atoms with Crippen molar-refractivity contribution < 1.29 is 4.79 Å². The van der Waals surface area contributed by atoms with Crippen LogP contribution in [-0.4, -0.2) is 33.2 Å². The molecule has 4 nitrogen and oxygen atoms in total. The number of carbonyl (C=O) groups excluding carboxylic acids is 1. The predicted molar refractivity (Wildman–Crippen MR) is 112 cm³/mol. The van der Waals surface area contributed by atoms with E-state index in [1.807, 2.05) is 64.4 Å². The summed E-state index contributed by atoms with van der Waals surface area (Å²) in [7, 11) is 0. The van der Waals surface area contributed by atoms with Gasteiger partial charge in [0.05, 0.1) is 18.8 Å². The maximum Gasteiger partial charge on any atom is 0.254 e. The highest BCUT2D eigenvalue weighted by Crippen LogP contribution is 2.23. The lowest BCUT2D eigenvalue weighted by molar-refractivity contribution is 0.0744. The van der Waals surface area contributed by atoms with Crippen LogP contribution in [0, 0.1) is 0 Å². The van der Waals surface area contributed by atoms with Crippen LogP contribution in [0.2, 0.25) is 0 Å². The van der Waals surface area contributed by atoms with E-state index in [2.05, 4.69) is 36.3 Å². The third-order valence-corrected chi connectivity index (χ3v) is 5.17. The van der Waals surface area contributed by atoms with Crippen LogP contribution in [0.4, 0.5) is 0 Å². The zero-order chi connectivity index (χ0) is 19.3. The highest BCUT2D eigenvalue weighted by atomic mass is 16.2. The lowest BCUT2D eigenvalue weighted by atomic mass is 10.0. The Balaban J connectivity index is 1.52. The molecule has 0 unspecified atom stereocenters. The smallest absolute Gasteiger partial charge is 0.254 e. The molecule has 28 heavy (non-hydrogen) atoms. The molecular weight excluding hydrogens is 346 g/mol. The molecule has 4 heteroatoms. The SMILES string of the molecule is CCC[C@@H]1C=CCN1C(=O)c1cccc(-c2cnn(Cc3ccccc3)c2)c1. The van der Waals surface area contributed by atoms with Crippen molar-refractivity contribution in [2.45, 2.75) is 32.4 Å². The van der Waals surface area contributed by atoms with Gasteiger partial charge in [0.25, 0.3) is 5.91 Å². The van der Waals surface area contributed by atoms with Crippen LogP contribution in [0.25, 0.3) is 11.1 Å².